The molecule has 100 heavy (non-hydrogen) atoms. The summed E-state index contributed by atoms with van der Waals surface area (Å²) in [5.74, 6) is 0.553. The van der Waals surface area contributed by atoms with Crippen molar-refractivity contribution in [1.29, 1.82) is 0 Å². The Kier molecular flexibility index (Phi) is 21.0. The van der Waals surface area contributed by atoms with Gasteiger partial charge in [0.15, 0.2) is 0 Å². The molecule has 2 unspecified atom stereocenters. The minimum Gasteiger partial charge on any atom is -0.505 e. The first-order valence-corrected chi connectivity index (χ1v) is 48.4. The lowest BCUT2D eigenvalue weighted by molar-refractivity contribution is 0.105. The fourth-order valence-corrected chi connectivity index (χ4v) is 32.1. The Morgan fingerprint density at radius 1 is 0.370 bits per heavy atom. The number of benzene rings is 8. The average Bonchev–Trinajstić information content (AvgIpc) is 1.55. The molecular formula is C88H116F2N2O4Si4. The highest BCUT2D eigenvalue weighted by Gasteiger charge is 2.42. The van der Waals surface area contributed by atoms with Crippen LogP contribution >= 0.6 is 0 Å². The molecule has 0 bridgehead atoms. The van der Waals surface area contributed by atoms with Gasteiger partial charge in [-0.1, -0.05) is 219 Å². The minimum atomic E-state index is -2.03. The molecule has 2 N–H and O–H groups in total. The first kappa shape index (κ1) is 74.5. The van der Waals surface area contributed by atoms with Crippen molar-refractivity contribution in [3.05, 3.63) is 155 Å². The van der Waals surface area contributed by atoms with Crippen molar-refractivity contribution in [2.24, 2.45) is 11.8 Å². The number of hydrogen-bond donors (Lipinski definition) is 2. The van der Waals surface area contributed by atoms with Crippen molar-refractivity contribution >= 4 is 96.7 Å². The lowest BCUT2D eigenvalue weighted by Crippen LogP contribution is -2.50. The van der Waals surface area contributed by atoms with E-state index in [1.54, 1.807) is 0 Å². The van der Waals surface area contributed by atoms with E-state index in [1.165, 1.54) is 45.0 Å². The van der Waals surface area contributed by atoms with Gasteiger partial charge in [-0.3, -0.25) is 0 Å². The Bertz CT molecular complexity index is 4250. The van der Waals surface area contributed by atoms with Gasteiger partial charge in [-0.2, -0.15) is 0 Å². The number of nitrogens with zero attached hydrogens (tertiary/aromatic N) is 2. The molecule has 2 heterocycles. The van der Waals surface area contributed by atoms with Gasteiger partial charge in [0.05, 0.1) is 79.0 Å². The Labute approximate surface area is 602 Å². The van der Waals surface area contributed by atoms with E-state index >= 15 is 8.78 Å². The monoisotopic (exact) mass is 1410 g/mol. The second-order valence-corrected chi connectivity index (χ2v) is 55.8. The molecule has 8 aromatic carbocycles. The number of ether oxygens (including phenoxy) is 2. The average molecular weight is 1420 g/mol. The number of hydrogen-bond acceptors (Lipinski definition) is 4. The first-order valence-electron chi connectivity index (χ1n) is 37.7. The summed E-state index contributed by atoms with van der Waals surface area (Å²) < 4.78 is 51.5. The van der Waals surface area contributed by atoms with E-state index in [0.717, 1.165) is 80.4 Å². The summed E-state index contributed by atoms with van der Waals surface area (Å²) in [7, 11) is -8.12. The normalized spacial score (nSPS) is 15.4. The Balaban J connectivity index is 0.973. The fourth-order valence-electron chi connectivity index (χ4n) is 17.8. The number of phenols is 2. The van der Waals surface area contributed by atoms with Crippen LogP contribution in [0.15, 0.2) is 121 Å². The zero-order chi connectivity index (χ0) is 72.9. The van der Waals surface area contributed by atoms with Crippen LogP contribution in [0.5, 0.6) is 23.0 Å². The quantitative estimate of drug-likeness (QED) is 0.0664. The van der Waals surface area contributed by atoms with E-state index in [-0.39, 0.29) is 23.3 Å². The molecule has 2 atom stereocenters. The number of halogens is 2. The number of rotatable bonds is 22. The van der Waals surface area contributed by atoms with Gasteiger partial charge < -0.3 is 28.8 Å². The van der Waals surface area contributed by atoms with Crippen LogP contribution in [0, 0.1) is 51.2 Å². The maximum atomic E-state index is 16.3. The smallest absolute Gasteiger partial charge is 0.147 e. The fraction of sp³-hybridized carbons (Fsp3) is 0.455. The summed E-state index contributed by atoms with van der Waals surface area (Å²) in [5, 5.41) is 36.6. The highest BCUT2D eigenvalue weighted by Crippen LogP contribution is 2.49. The number of aryl methyl sites for hydroxylation is 4. The van der Waals surface area contributed by atoms with E-state index in [1.807, 2.05) is 26.0 Å². The number of aromatic nitrogens is 2. The van der Waals surface area contributed by atoms with Gasteiger partial charge in [0.1, 0.15) is 34.6 Å². The second kappa shape index (κ2) is 28.2. The Morgan fingerprint density at radius 2 is 0.630 bits per heavy atom. The zero-order valence-electron chi connectivity index (χ0n) is 64.9. The van der Waals surface area contributed by atoms with Crippen molar-refractivity contribution in [3.63, 3.8) is 0 Å². The third-order valence-electron chi connectivity index (χ3n) is 26.6. The molecule has 532 valence electrons. The van der Waals surface area contributed by atoms with Crippen molar-refractivity contribution in [3.8, 4) is 56.6 Å². The van der Waals surface area contributed by atoms with E-state index in [0.29, 0.717) is 114 Å². The lowest BCUT2D eigenvalue weighted by Gasteiger charge is -2.36. The van der Waals surface area contributed by atoms with Crippen LogP contribution < -0.4 is 30.2 Å². The predicted octanol–water partition coefficient (Wildman–Crippen LogP) is 23.8. The van der Waals surface area contributed by atoms with Crippen LogP contribution in [-0.4, -0.2) is 64.9 Å². The maximum Gasteiger partial charge on any atom is 0.147 e. The third-order valence-corrected chi connectivity index (χ3v) is 52.0. The van der Waals surface area contributed by atoms with E-state index < -0.39 is 43.9 Å². The van der Waals surface area contributed by atoms with Crippen LogP contribution in [-0.2, 0) is 0 Å². The van der Waals surface area contributed by atoms with Gasteiger partial charge in [-0.15, -0.1) is 0 Å². The summed E-state index contributed by atoms with van der Waals surface area (Å²) in [6.45, 7) is 56.8. The van der Waals surface area contributed by atoms with E-state index in [9.17, 15) is 10.2 Å². The summed E-state index contributed by atoms with van der Waals surface area (Å²) in [4.78, 5) is 0. The van der Waals surface area contributed by atoms with Gasteiger partial charge in [-0.25, -0.2) is 8.78 Å². The van der Waals surface area contributed by atoms with Crippen LogP contribution in [0.1, 0.15) is 159 Å². The maximum absolute atomic E-state index is 16.3. The summed E-state index contributed by atoms with van der Waals surface area (Å²) in [5.41, 5.74) is 14.8. The molecule has 12 heteroatoms. The molecule has 11 rings (SSSR count). The number of phenolic OH excluding ortho intramolecular Hbond substituents is 2. The van der Waals surface area contributed by atoms with Crippen molar-refractivity contribution < 1.29 is 28.5 Å². The molecule has 0 saturated heterocycles. The van der Waals surface area contributed by atoms with Crippen molar-refractivity contribution in [1.82, 2.24) is 9.13 Å². The van der Waals surface area contributed by atoms with Crippen LogP contribution in [0.2, 0.25) is 70.5 Å². The summed E-state index contributed by atoms with van der Waals surface area (Å²) in [6.07, 6.45) is 3.85. The molecule has 0 spiro atoms. The first-order chi connectivity index (χ1) is 47.0. The molecule has 0 radical (unpaired) electrons. The van der Waals surface area contributed by atoms with E-state index in [2.05, 4.69) is 245 Å². The van der Waals surface area contributed by atoms with Gasteiger partial charge in [0, 0.05) is 43.8 Å². The molecule has 10 aromatic rings. The summed E-state index contributed by atoms with van der Waals surface area (Å²) >= 11 is 0. The Hall–Kier alpha value is -6.71. The standard InChI is InChI=1S/C88H116F2N2O4Si4/c1-51(2)97(21,52(3)4)67-29-33-71-72-34-30-68(98(22,53(5)6)54(7)8)46-80(72)91(79(71)45-67)83-39-59(17)37-75(85(83)93)77-43-65(89)41-61(19)87(77)95-49-63-27-25-26-28-64(63)50-96-88-62(20)42-66(90)44-78(88)76-38-60(18)40-84(86(76)94)92-81-47-69(99(23,55(9)10)56(11)12)31-35-73(81)74-36-32-70(48-82(74)92)100(24,57(13)14)58(15)16/h29-48,51-58,63-64,93-94H,25-28,49-50H2,1-24H3. The lowest BCUT2D eigenvalue weighted by atomic mass is 9.80. The van der Waals surface area contributed by atoms with Gasteiger partial charge in [0.2, 0.25) is 0 Å². The minimum absolute atomic E-state index is 0.0615. The van der Waals surface area contributed by atoms with Gasteiger partial charge in [0.25, 0.3) is 0 Å². The number of fused-ring (bicyclic) bond motifs is 6. The van der Waals surface area contributed by atoms with Crippen molar-refractivity contribution in [2.75, 3.05) is 13.2 Å². The molecule has 1 saturated carbocycles. The molecule has 1 aliphatic carbocycles. The zero-order valence-corrected chi connectivity index (χ0v) is 68.9. The van der Waals surface area contributed by atoms with Crippen LogP contribution in [0.25, 0.3) is 77.2 Å². The molecular weight excluding hydrogens is 1300 g/mol. The van der Waals surface area contributed by atoms with Crippen molar-refractivity contribution in [2.45, 2.75) is 235 Å². The Morgan fingerprint density at radius 3 is 0.880 bits per heavy atom. The highest BCUT2D eigenvalue weighted by molar-refractivity contribution is 6.94. The number of aromatic hydroxyl groups is 2. The molecule has 1 aliphatic rings. The van der Waals surface area contributed by atoms with Gasteiger partial charge >= 0.3 is 0 Å². The molecule has 0 amide bonds. The molecule has 1 fully saturated rings. The van der Waals surface area contributed by atoms with Gasteiger partial charge in [-0.05, 0) is 192 Å². The molecule has 0 aliphatic heterocycles. The van der Waals surface area contributed by atoms with Crippen LogP contribution in [0.4, 0.5) is 8.78 Å². The summed E-state index contributed by atoms with van der Waals surface area (Å²) in [6, 6.07) is 42.8. The SMILES string of the molecule is Cc1cc(-c2cc(F)cc(C)c2OCC2CCCCC2COc2c(C)cc(F)cc2-c2cc(C)cc(-n3c4cc([Si](C)(C(C)C)C(C)C)ccc4c4ccc([Si](C)(C(C)C)C(C)C)cc43)c2O)c(O)c(-n2c3cc([Si](C)(C(C)C)C(C)C)ccc3c3ccc([Si](C)(C(C)C)C(C)C)cc32)c1. The highest BCUT2D eigenvalue weighted by atomic mass is 28.3. The second-order valence-electron chi connectivity index (χ2n) is 34.0. The van der Waals surface area contributed by atoms with E-state index in [4.69, 9.17) is 9.47 Å². The largest absolute Gasteiger partial charge is 0.505 e. The third kappa shape index (κ3) is 12.7. The predicted molar refractivity (Wildman–Crippen MR) is 437 cm³/mol. The van der Waals surface area contributed by atoms with Crippen LogP contribution in [0.3, 0.4) is 0 Å². The topological polar surface area (TPSA) is 68.8 Å². The molecule has 2 aromatic heterocycles. The molecule has 6 nitrogen and oxygen atoms in total.